The van der Waals surface area contributed by atoms with Crippen LogP contribution in [0.1, 0.15) is 41.5 Å². The Morgan fingerprint density at radius 3 is 2.56 bits per heavy atom. The summed E-state index contributed by atoms with van der Waals surface area (Å²) in [6.45, 7) is 11.5. The average Bonchev–Trinajstić information content (AvgIpc) is 3.29. The number of benzene rings is 2. The van der Waals surface area contributed by atoms with Gasteiger partial charge in [0.1, 0.15) is 0 Å². The van der Waals surface area contributed by atoms with Crippen LogP contribution < -0.4 is 9.47 Å². The van der Waals surface area contributed by atoms with E-state index in [1.54, 1.807) is 11.8 Å². The van der Waals surface area contributed by atoms with Crippen molar-refractivity contribution in [2.75, 3.05) is 17.2 Å². The van der Waals surface area contributed by atoms with Crippen LogP contribution in [0.25, 0.3) is 15.9 Å². The van der Waals surface area contributed by atoms with E-state index in [2.05, 4.69) is 74.7 Å². The minimum absolute atomic E-state index is 0.0808. The number of anilines is 1. The van der Waals surface area contributed by atoms with Gasteiger partial charge in [0.15, 0.2) is 0 Å². The number of allylic oxidation sites excluding steroid dienone is 2. The summed E-state index contributed by atoms with van der Waals surface area (Å²) in [5, 5.41) is 11.4. The number of nitrogens with zero attached hydrogens (tertiary/aromatic N) is 2. The van der Waals surface area contributed by atoms with Crippen molar-refractivity contribution in [2.45, 2.75) is 58.6 Å². The molecule has 1 aliphatic rings. The van der Waals surface area contributed by atoms with Crippen molar-refractivity contribution in [1.29, 1.82) is 0 Å². The number of hydrogen-bond acceptors (Lipinski definition) is 5. The third-order valence-electron chi connectivity index (χ3n) is 6.37. The van der Waals surface area contributed by atoms with Crippen LogP contribution in [0.5, 0.6) is 0 Å². The second-order valence-electron chi connectivity index (χ2n) is 9.23. The molecule has 1 aliphatic heterocycles. The van der Waals surface area contributed by atoms with E-state index in [4.69, 9.17) is 0 Å². The van der Waals surface area contributed by atoms with Gasteiger partial charge in [0.25, 0.3) is 0 Å². The van der Waals surface area contributed by atoms with E-state index in [0.29, 0.717) is 0 Å². The molecule has 6 nitrogen and oxygen atoms in total. The molecule has 3 aromatic rings. The molecule has 0 fully saturated rings. The molecule has 192 valence electrons. The number of hydrogen-bond donors (Lipinski definition) is 2. The third-order valence-corrected chi connectivity index (χ3v) is 10.6. The van der Waals surface area contributed by atoms with Gasteiger partial charge in [0.2, 0.25) is 0 Å². The summed E-state index contributed by atoms with van der Waals surface area (Å²) in [7, 11) is -4.28. The molecule has 0 saturated heterocycles. The number of aliphatic hydroxyl groups is 1. The number of fused-ring (bicyclic) bond motifs is 2. The third kappa shape index (κ3) is 5.98. The van der Waals surface area contributed by atoms with Crippen molar-refractivity contribution >= 4 is 57.9 Å². The maximum absolute atomic E-state index is 11.4. The van der Waals surface area contributed by atoms with Crippen molar-refractivity contribution < 1.29 is 22.6 Å². The zero-order valence-corrected chi connectivity index (χ0v) is 24.6. The molecule has 4 rings (SSSR count). The standard InChI is InChI=1S/C27H32N2O4S2Se/c1-6-20(14-27-28(7-2)23-10-17(3)8-9-25(23)36-27)13-26-29(15-21(30)16-35(31,32)33)22-11-18(4)19(5)12-24(22)34-26/h8-14,21,30H,6-7,15-16H2,1-5H3/p+1. The quantitative estimate of drug-likeness (QED) is 0.226. The fourth-order valence-corrected chi connectivity index (χ4v) is 8.67. The molecule has 9 heteroatoms. The summed E-state index contributed by atoms with van der Waals surface area (Å²) in [4.78, 5) is 3.06. The summed E-state index contributed by atoms with van der Waals surface area (Å²) >= 11 is 1.86. The van der Waals surface area contributed by atoms with Crippen molar-refractivity contribution in [2.24, 2.45) is 0 Å². The van der Waals surface area contributed by atoms with E-state index in [-0.39, 0.29) is 21.0 Å². The van der Waals surface area contributed by atoms with Gasteiger partial charge in [-0.3, -0.25) is 0 Å². The van der Waals surface area contributed by atoms with Gasteiger partial charge >= 0.3 is 225 Å². The van der Waals surface area contributed by atoms with Crippen LogP contribution in [0.2, 0.25) is 0 Å². The molecule has 0 aliphatic carbocycles. The first kappa shape index (κ1) is 27.2. The van der Waals surface area contributed by atoms with Gasteiger partial charge in [0.05, 0.1) is 0 Å². The molecule has 1 unspecified atom stereocenters. The Kier molecular flexibility index (Phi) is 8.19. The fraction of sp³-hybridized carbons (Fsp3) is 0.370. The van der Waals surface area contributed by atoms with Crippen LogP contribution in [0.3, 0.4) is 0 Å². The molecule has 2 heterocycles. The van der Waals surface area contributed by atoms with E-state index >= 15 is 0 Å². The van der Waals surface area contributed by atoms with Crippen molar-refractivity contribution in [3.05, 3.63) is 68.3 Å². The molecule has 0 saturated carbocycles. The first-order chi connectivity index (χ1) is 17.0. The second-order valence-corrected chi connectivity index (χ2v) is 14.0. The van der Waals surface area contributed by atoms with Gasteiger partial charge in [-0.05, 0) is 0 Å². The number of rotatable bonds is 8. The van der Waals surface area contributed by atoms with Crippen molar-refractivity contribution in [3.63, 3.8) is 0 Å². The van der Waals surface area contributed by atoms with E-state index in [0.717, 1.165) is 34.1 Å². The van der Waals surface area contributed by atoms with Crippen LogP contribution in [-0.2, 0) is 16.7 Å². The SMILES string of the molecule is CCC(/C=C1\Sc2cc(C)c(C)cc2N1CC(O)CS(=O)(=O)O)=C\c1[se]c2ccc(C)cc2[n+]1CC. The average molecular weight is 593 g/mol. The van der Waals surface area contributed by atoms with E-state index in [1.165, 1.54) is 31.0 Å². The molecule has 0 amide bonds. The predicted molar refractivity (Wildman–Crippen MR) is 149 cm³/mol. The minimum atomic E-state index is -4.28. The Morgan fingerprint density at radius 2 is 1.89 bits per heavy atom. The van der Waals surface area contributed by atoms with Crippen LogP contribution in [0, 0.1) is 20.8 Å². The topological polar surface area (TPSA) is 81.7 Å². The fourth-order valence-electron chi connectivity index (χ4n) is 4.36. The van der Waals surface area contributed by atoms with Crippen molar-refractivity contribution in [1.82, 2.24) is 0 Å². The number of thioether (sulfide) groups is 1. The monoisotopic (exact) mass is 593 g/mol. The Bertz CT molecular complexity index is 1470. The molecule has 0 bridgehead atoms. The summed E-state index contributed by atoms with van der Waals surface area (Å²) in [5.41, 5.74) is 7.00. The molecule has 0 radical (unpaired) electrons. The number of aryl methyl sites for hydroxylation is 4. The van der Waals surface area contributed by atoms with Gasteiger partial charge in [0, 0.05) is 0 Å². The number of aliphatic hydroxyl groups excluding tert-OH is 1. The van der Waals surface area contributed by atoms with Crippen molar-refractivity contribution in [3.8, 4) is 0 Å². The molecule has 2 aromatic carbocycles. The molecule has 1 atom stereocenters. The second kappa shape index (κ2) is 10.9. The molecular weight excluding hydrogens is 559 g/mol. The van der Waals surface area contributed by atoms with E-state index in [9.17, 15) is 18.1 Å². The zero-order valence-electron chi connectivity index (χ0n) is 21.3. The van der Waals surface area contributed by atoms with E-state index < -0.39 is 22.0 Å². The molecular formula is C27H33N2O4S2Se+. The number of β-amino-alcohol motifs (C(OH)–C–C–N with tert-alkyl or cyclic N) is 1. The van der Waals surface area contributed by atoms with Crippen LogP contribution in [0.4, 0.5) is 5.69 Å². The van der Waals surface area contributed by atoms with Crippen LogP contribution in [0.15, 0.2) is 51.9 Å². The summed E-state index contributed by atoms with van der Waals surface area (Å²) < 4.78 is 37.1. The first-order valence-corrected chi connectivity index (χ1v) is 16.2. The molecule has 0 spiro atoms. The van der Waals surface area contributed by atoms with E-state index in [1.807, 2.05) is 11.8 Å². The molecule has 1 aromatic heterocycles. The molecule has 36 heavy (non-hydrogen) atoms. The molecule has 2 N–H and O–H groups in total. The van der Waals surface area contributed by atoms with Crippen LogP contribution >= 0.6 is 11.8 Å². The summed E-state index contributed by atoms with van der Waals surface area (Å²) in [5.74, 6) is -0.693. The Hall–Kier alpha value is -1.87. The Morgan fingerprint density at radius 1 is 1.17 bits per heavy atom. The van der Waals surface area contributed by atoms with Gasteiger partial charge in [-0.2, -0.15) is 0 Å². The summed E-state index contributed by atoms with van der Waals surface area (Å²) in [6.07, 6.45) is 4.07. The Balaban J connectivity index is 1.75. The van der Waals surface area contributed by atoms with Gasteiger partial charge < -0.3 is 0 Å². The predicted octanol–water partition coefficient (Wildman–Crippen LogP) is 4.63. The summed E-state index contributed by atoms with van der Waals surface area (Å²) in [6, 6.07) is 10.9. The first-order valence-electron chi connectivity index (χ1n) is 12.0. The Labute approximate surface area is 223 Å². The normalized spacial score (nSPS) is 16.2. The number of aromatic nitrogens is 1. The van der Waals surface area contributed by atoms with Crippen LogP contribution in [-0.4, -0.2) is 51.0 Å². The van der Waals surface area contributed by atoms with Gasteiger partial charge in [-0.1, -0.05) is 0 Å². The zero-order chi connectivity index (χ0) is 26.2. The van der Waals surface area contributed by atoms with Gasteiger partial charge in [-0.15, -0.1) is 0 Å². The van der Waals surface area contributed by atoms with Gasteiger partial charge in [-0.25, -0.2) is 0 Å². The maximum atomic E-state index is 11.4.